The van der Waals surface area contributed by atoms with Crippen LogP contribution in [-0.2, 0) is 14.0 Å². The van der Waals surface area contributed by atoms with Crippen molar-refractivity contribution < 1.29 is 23.2 Å². The largest absolute Gasteiger partial charge is 0.467 e. The molecule has 7 heteroatoms. The highest BCUT2D eigenvalue weighted by Gasteiger charge is 2.57. The number of furan rings is 1. The molecule has 2 amide bonds. The molecule has 0 aliphatic carbocycles. The van der Waals surface area contributed by atoms with Gasteiger partial charge in [-0.25, -0.2) is 9.69 Å². The van der Waals surface area contributed by atoms with E-state index in [9.17, 15) is 9.59 Å². The molecule has 0 saturated carbocycles. The molecule has 1 aliphatic heterocycles. The number of nitrogens with zero attached hydrogens (tertiary/aromatic N) is 1. The molecule has 0 bridgehead atoms. The zero-order valence-corrected chi connectivity index (χ0v) is 17.0. The predicted octanol–water partition coefficient (Wildman–Crippen LogP) is 4.49. The zero-order valence-electron chi connectivity index (χ0n) is 16.0. The Labute approximate surface area is 150 Å². The average molecular weight is 368 g/mol. The summed E-state index contributed by atoms with van der Waals surface area (Å²) in [5.74, 6) is 0.199. The summed E-state index contributed by atoms with van der Waals surface area (Å²) in [6.07, 6.45) is 0.202. The molecular weight excluding hydrogens is 338 g/mol. The highest BCUT2D eigenvalue weighted by Crippen LogP contribution is 2.41. The van der Waals surface area contributed by atoms with Crippen LogP contribution in [0.3, 0.4) is 0 Å². The van der Waals surface area contributed by atoms with Crippen molar-refractivity contribution in [3.05, 3.63) is 24.2 Å². The summed E-state index contributed by atoms with van der Waals surface area (Å²) in [5.41, 5.74) is -0.675. The van der Waals surface area contributed by atoms with Crippen molar-refractivity contribution in [1.82, 2.24) is 4.90 Å². The molecule has 2 heterocycles. The Hall–Kier alpha value is -1.60. The molecule has 0 N–H and O–H groups in total. The van der Waals surface area contributed by atoms with Crippen molar-refractivity contribution in [1.29, 1.82) is 0 Å². The molecule has 1 aromatic rings. The van der Waals surface area contributed by atoms with E-state index in [1.165, 1.54) is 6.26 Å². The lowest BCUT2D eigenvalue weighted by atomic mass is 9.96. The van der Waals surface area contributed by atoms with Crippen molar-refractivity contribution in [3.8, 4) is 0 Å². The van der Waals surface area contributed by atoms with Gasteiger partial charge in [-0.3, -0.25) is 4.79 Å². The van der Waals surface area contributed by atoms with Gasteiger partial charge in [0, 0.05) is 0 Å². The van der Waals surface area contributed by atoms with Gasteiger partial charge in [-0.1, -0.05) is 20.8 Å². The Morgan fingerprint density at radius 2 is 1.84 bits per heavy atom. The summed E-state index contributed by atoms with van der Waals surface area (Å²) in [4.78, 5) is 26.3. The molecule has 0 spiro atoms. The molecule has 2 unspecified atom stereocenters. The summed E-state index contributed by atoms with van der Waals surface area (Å²) in [7, 11) is -2.00. The van der Waals surface area contributed by atoms with Crippen LogP contribution < -0.4 is 0 Å². The fraction of sp³-hybridized carbons (Fsp3) is 0.667. The number of carbonyl (C=O) groups excluding carboxylic acids is 2. The fourth-order valence-electron chi connectivity index (χ4n) is 3.10. The number of rotatable bonds is 6. The van der Waals surface area contributed by atoms with Crippen molar-refractivity contribution in [3.63, 3.8) is 0 Å². The number of ether oxygens (including phenoxy) is 1. The SMILES string of the molecule is CC[Si](CC)(CC)OC1C(=O)N(C(=O)OC(C)(C)C)C1c1ccco1. The van der Waals surface area contributed by atoms with Crippen LogP contribution in [0, 0.1) is 0 Å². The van der Waals surface area contributed by atoms with Gasteiger partial charge in [0.1, 0.15) is 17.4 Å². The van der Waals surface area contributed by atoms with E-state index in [4.69, 9.17) is 13.6 Å². The first-order chi connectivity index (χ1) is 11.7. The molecule has 25 heavy (non-hydrogen) atoms. The number of β-lactam (4-membered cyclic amide) rings is 1. The normalized spacial score (nSPS) is 21.2. The summed E-state index contributed by atoms with van der Waals surface area (Å²) >= 11 is 0. The van der Waals surface area contributed by atoms with E-state index >= 15 is 0 Å². The van der Waals surface area contributed by atoms with Gasteiger partial charge in [-0.05, 0) is 51.0 Å². The summed E-state index contributed by atoms with van der Waals surface area (Å²) < 4.78 is 17.2. The van der Waals surface area contributed by atoms with E-state index in [0.29, 0.717) is 5.76 Å². The van der Waals surface area contributed by atoms with Crippen molar-refractivity contribution in [2.75, 3.05) is 0 Å². The minimum Gasteiger partial charge on any atom is -0.467 e. The van der Waals surface area contributed by atoms with Crippen LogP contribution >= 0.6 is 0 Å². The van der Waals surface area contributed by atoms with E-state index in [1.54, 1.807) is 32.9 Å². The van der Waals surface area contributed by atoms with Crippen LogP contribution in [0.25, 0.3) is 0 Å². The molecule has 0 aromatic carbocycles. The van der Waals surface area contributed by atoms with Crippen molar-refractivity contribution in [2.45, 2.75) is 77.4 Å². The molecule has 1 fully saturated rings. The lowest BCUT2D eigenvalue weighted by molar-refractivity contribution is -0.163. The predicted molar refractivity (Wildman–Crippen MR) is 96.6 cm³/mol. The smallest absolute Gasteiger partial charge is 0.417 e. The highest BCUT2D eigenvalue weighted by atomic mass is 28.4. The molecule has 1 aromatic heterocycles. The van der Waals surface area contributed by atoms with Crippen LogP contribution in [0.2, 0.25) is 18.1 Å². The number of hydrogen-bond acceptors (Lipinski definition) is 5. The first-order valence-corrected chi connectivity index (χ1v) is 11.5. The lowest BCUT2D eigenvalue weighted by Crippen LogP contribution is -2.65. The fourth-order valence-corrected chi connectivity index (χ4v) is 5.87. The second-order valence-corrected chi connectivity index (χ2v) is 12.2. The number of hydrogen-bond donors (Lipinski definition) is 0. The summed E-state index contributed by atoms with van der Waals surface area (Å²) in [6.45, 7) is 11.6. The van der Waals surface area contributed by atoms with Gasteiger partial charge in [-0.15, -0.1) is 0 Å². The van der Waals surface area contributed by atoms with Gasteiger partial charge in [0.25, 0.3) is 5.91 Å². The molecule has 1 saturated heterocycles. The minimum absolute atomic E-state index is 0.345. The van der Waals surface area contributed by atoms with Gasteiger partial charge >= 0.3 is 6.09 Å². The molecule has 140 valence electrons. The molecule has 1 aliphatic rings. The van der Waals surface area contributed by atoms with Gasteiger partial charge in [0.15, 0.2) is 14.4 Å². The molecule has 0 radical (unpaired) electrons. The maximum Gasteiger partial charge on any atom is 0.417 e. The number of likely N-dealkylation sites (tertiary alicyclic amines) is 1. The molecular formula is C18H29NO5Si. The Kier molecular flexibility index (Phi) is 5.78. The lowest BCUT2D eigenvalue weighted by Gasteiger charge is -2.47. The van der Waals surface area contributed by atoms with Gasteiger partial charge in [0.05, 0.1) is 6.26 Å². The van der Waals surface area contributed by atoms with Crippen LogP contribution in [-0.4, -0.2) is 36.9 Å². The van der Waals surface area contributed by atoms with E-state index in [2.05, 4.69) is 20.8 Å². The standard InChI is InChI=1S/C18H29NO5Si/c1-7-25(8-2,9-3)24-15-14(13-11-10-12-22-13)19(16(15)20)17(21)23-18(4,5)6/h10-12,14-15H,7-9H2,1-6H3. The van der Waals surface area contributed by atoms with E-state index < -0.39 is 32.2 Å². The highest BCUT2D eigenvalue weighted by molar-refractivity contribution is 6.73. The Morgan fingerprint density at radius 3 is 2.28 bits per heavy atom. The number of amides is 2. The third-order valence-corrected chi connectivity index (χ3v) is 9.40. The second-order valence-electron chi connectivity index (χ2n) is 7.43. The van der Waals surface area contributed by atoms with Crippen LogP contribution in [0.4, 0.5) is 4.79 Å². The zero-order chi connectivity index (χ0) is 18.8. The molecule has 2 atom stereocenters. The molecule has 6 nitrogen and oxygen atoms in total. The number of imide groups is 1. The van der Waals surface area contributed by atoms with E-state index in [-0.39, 0.29) is 5.91 Å². The van der Waals surface area contributed by atoms with E-state index in [1.807, 2.05) is 0 Å². The number of carbonyl (C=O) groups is 2. The average Bonchev–Trinajstić information content (AvgIpc) is 3.05. The summed E-state index contributed by atoms with van der Waals surface area (Å²) in [6, 6.07) is 5.74. The maximum atomic E-state index is 12.7. The third-order valence-electron chi connectivity index (χ3n) is 4.78. The van der Waals surface area contributed by atoms with E-state index in [0.717, 1.165) is 23.0 Å². The van der Waals surface area contributed by atoms with Crippen molar-refractivity contribution >= 4 is 20.3 Å². The van der Waals surface area contributed by atoms with Gasteiger partial charge < -0.3 is 13.6 Å². The minimum atomic E-state index is -2.00. The Balaban J connectivity index is 2.27. The van der Waals surface area contributed by atoms with Crippen LogP contribution in [0.15, 0.2) is 22.8 Å². The summed E-state index contributed by atoms with van der Waals surface area (Å²) in [5, 5.41) is 0. The second kappa shape index (κ2) is 7.33. The maximum absolute atomic E-state index is 12.7. The first kappa shape index (κ1) is 19.7. The quantitative estimate of drug-likeness (QED) is 0.547. The Morgan fingerprint density at radius 1 is 1.24 bits per heavy atom. The van der Waals surface area contributed by atoms with Crippen LogP contribution in [0.1, 0.15) is 53.3 Å². The monoisotopic (exact) mass is 367 g/mol. The van der Waals surface area contributed by atoms with Gasteiger partial charge in [-0.2, -0.15) is 0 Å². The topological polar surface area (TPSA) is 69.0 Å². The van der Waals surface area contributed by atoms with Crippen molar-refractivity contribution in [2.24, 2.45) is 0 Å². The Bertz CT molecular complexity index is 595. The first-order valence-electron chi connectivity index (χ1n) is 8.95. The van der Waals surface area contributed by atoms with Crippen LogP contribution in [0.5, 0.6) is 0 Å². The van der Waals surface area contributed by atoms with Gasteiger partial charge in [0.2, 0.25) is 0 Å². The molecule has 2 rings (SSSR count). The third kappa shape index (κ3) is 3.98.